The summed E-state index contributed by atoms with van der Waals surface area (Å²) in [5, 5.41) is 3.16. The summed E-state index contributed by atoms with van der Waals surface area (Å²) in [6, 6.07) is 12.3. The van der Waals surface area contributed by atoms with Crippen molar-refractivity contribution in [2.24, 2.45) is 0 Å². The fourth-order valence-corrected chi connectivity index (χ4v) is 4.13. The standard InChI is InChI=1S/C16H16N2OS2/c19-16(11-21-12-5-8-17-9-6-12)18-14-7-10-20-15-4-2-1-3-13(14)15/h1-6,8-9,14H,7,10-11H2,(H,18,19)/t14-/m0/s1. The molecule has 0 unspecified atom stereocenters. The Labute approximate surface area is 132 Å². The molecule has 1 aliphatic heterocycles. The third-order valence-electron chi connectivity index (χ3n) is 3.31. The number of nitrogens with zero attached hydrogens (tertiary/aromatic N) is 1. The van der Waals surface area contributed by atoms with Crippen LogP contribution in [-0.2, 0) is 4.79 Å². The first-order chi connectivity index (χ1) is 10.3. The molecule has 1 amide bonds. The van der Waals surface area contributed by atoms with E-state index in [4.69, 9.17) is 0 Å². The van der Waals surface area contributed by atoms with Gasteiger partial charge in [-0.15, -0.1) is 23.5 Å². The van der Waals surface area contributed by atoms with E-state index in [1.165, 1.54) is 10.5 Å². The number of nitrogens with one attached hydrogen (secondary N) is 1. The summed E-state index contributed by atoms with van der Waals surface area (Å²) in [5.41, 5.74) is 1.25. The number of benzene rings is 1. The lowest BCUT2D eigenvalue weighted by Crippen LogP contribution is -2.31. The van der Waals surface area contributed by atoms with E-state index >= 15 is 0 Å². The molecule has 1 aliphatic rings. The highest BCUT2D eigenvalue weighted by molar-refractivity contribution is 8.00. The highest BCUT2D eigenvalue weighted by Crippen LogP contribution is 2.35. The largest absolute Gasteiger partial charge is 0.349 e. The van der Waals surface area contributed by atoms with Crippen LogP contribution in [0.2, 0.25) is 0 Å². The smallest absolute Gasteiger partial charge is 0.230 e. The molecule has 0 aliphatic carbocycles. The molecule has 2 aromatic rings. The van der Waals surface area contributed by atoms with Crippen LogP contribution >= 0.6 is 23.5 Å². The molecular formula is C16H16N2OS2. The molecule has 0 radical (unpaired) electrons. The molecule has 5 heteroatoms. The highest BCUT2D eigenvalue weighted by Gasteiger charge is 2.21. The van der Waals surface area contributed by atoms with Crippen LogP contribution < -0.4 is 5.32 Å². The van der Waals surface area contributed by atoms with Crippen LogP contribution in [0.15, 0.2) is 58.6 Å². The van der Waals surface area contributed by atoms with Gasteiger partial charge in [0.15, 0.2) is 0 Å². The monoisotopic (exact) mass is 316 g/mol. The molecule has 108 valence electrons. The Morgan fingerprint density at radius 1 is 1.29 bits per heavy atom. The van der Waals surface area contributed by atoms with Gasteiger partial charge in [-0.1, -0.05) is 18.2 Å². The zero-order valence-corrected chi connectivity index (χ0v) is 13.1. The van der Waals surface area contributed by atoms with Gasteiger partial charge in [-0.05, 0) is 30.2 Å². The Morgan fingerprint density at radius 3 is 2.95 bits per heavy atom. The van der Waals surface area contributed by atoms with Gasteiger partial charge in [0.25, 0.3) is 0 Å². The van der Waals surface area contributed by atoms with Gasteiger partial charge in [0.1, 0.15) is 0 Å². The van der Waals surface area contributed by atoms with E-state index in [2.05, 4.69) is 28.5 Å². The van der Waals surface area contributed by atoms with Crippen molar-refractivity contribution in [2.45, 2.75) is 22.3 Å². The molecule has 21 heavy (non-hydrogen) atoms. The molecule has 2 heterocycles. The van der Waals surface area contributed by atoms with E-state index in [1.807, 2.05) is 30.0 Å². The van der Waals surface area contributed by atoms with Crippen LogP contribution in [0.1, 0.15) is 18.0 Å². The average Bonchev–Trinajstić information content (AvgIpc) is 2.54. The molecule has 0 saturated carbocycles. The number of thioether (sulfide) groups is 2. The second kappa shape index (κ2) is 7.00. The van der Waals surface area contributed by atoms with Crippen LogP contribution in [0.4, 0.5) is 0 Å². The van der Waals surface area contributed by atoms with Gasteiger partial charge in [0.05, 0.1) is 11.8 Å². The second-order valence-electron chi connectivity index (χ2n) is 4.77. The van der Waals surface area contributed by atoms with E-state index in [1.54, 1.807) is 24.2 Å². The average molecular weight is 316 g/mol. The minimum absolute atomic E-state index is 0.0866. The minimum atomic E-state index is 0.0866. The molecular weight excluding hydrogens is 300 g/mol. The van der Waals surface area contributed by atoms with Gasteiger partial charge in [0, 0.05) is 27.9 Å². The summed E-state index contributed by atoms with van der Waals surface area (Å²) in [5.74, 6) is 1.58. The Bertz CT molecular complexity index is 619. The third kappa shape index (κ3) is 3.80. The van der Waals surface area contributed by atoms with Gasteiger partial charge < -0.3 is 5.32 Å². The van der Waals surface area contributed by atoms with Crippen molar-refractivity contribution >= 4 is 29.4 Å². The summed E-state index contributed by atoms with van der Waals surface area (Å²) in [4.78, 5) is 18.5. The summed E-state index contributed by atoms with van der Waals surface area (Å²) >= 11 is 3.41. The Hall–Kier alpha value is -1.46. The van der Waals surface area contributed by atoms with Crippen molar-refractivity contribution in [1.29, 1.82) is 0 Å². The zero-order chi connectivity index (χ0) is 14.5. The van der Waals surface area contributed by atoms with Gasteiger partial charge in [-0.2, -0.15) is 0 Å². The Balaban J connectivity index is 1.58. The molecule has 0 bridgehead atoms. The Morgan fingerprint density at radius 2 is 2.10 bits per heavy atom. The van der Waals surface area contributed by atoms with E-state index in [0.29, 0.717) is 5.75 Å². The topological polar surface area (TPSA) is 42.0 Å². The van der Waals surface area contributed by atoms with E-state index in [0.717, 1.165) is 17.1 Å². The summed E-state index contributed by atoms with van der Waals surface area (Å²) < 4.78 is 0. The van der Waals surface area contributed by atoms with Crippen molar-refractivity contribution < 1.29 is 4.79 Å². The van der Waals surface area contributed by atoms with Crippen LogP contribution in [-0.4, -0.2) is 22.4 Å². The number of aromatic nitrogens is 1. The number of hydrogen-bond donors (Lipinski definition) is 1. The predicted molar refractivity (Wildman–Crippen MR) is 87.6 cm³/mol. The maximum absolute atomic E-state index is 12.1. The SMILES string of the molecule is O=C(CSc1ccncc1)N[C@H]1CCSc2ccccc21. The van der Waals surface area contributed by atoms with Crippen LogP contribution in [0.5, 0.6) is 0 Å². The lowest BCUT2D eigenvalue weighted by molar-refractivity contribution is -0.119. The summed E-state index contributed by atoms with van der Waals surface area (Å²) in [6.07, 6.45) is 4.48. The van der Waals surface area contributed by atoms with Gasteiger partial charge in [0.2, 0.25) is 5.91 Å². The molecule has 1 aromatic carbocycles. The molecule has 3 rings (SSSR count). The lowest BCUT2D eigenvalue weighted by atomic mass is 10.0. The second-order valence-corrected chi connectivity index (χ2v) is 6.95. The predicted octanol–water partition coefficient (Wildman–Crippen LogP) is 3.53. The number of pyridine rings is 1. The molecule has 0 saturated heterocycles. The first-order valence-electron chi connectivity index (χ1n) is 6.87. The number of carbonyl (C=O) groups is 1. The van der Waals surface area contributed by atoms with Crippen molar-refractivity contribution in [2.75, 3.05) is 11.5 Å². The van der Waals surface area contributed by atoms with Crippen molar-refractivity contribution in [1.82, 2.24) is 10.3 Å². The first kappa shape index (κ1) is 14.5. The van der Waals surface area contributed by atoms with Gasteiger partial charge in [-0.25, -0.2) is 0 Å². The summed E-state index contributed by atoms with van der Waals surface area (Å²) in [7, 11) is 0. The quantitative estimate of drug-likeness (QED) is 0.876. The number of fused-ring (bicyclic) bond motifs is 1. The number of rotatable bonds is 4. The van der Waals surface area contributed by atoms with Crippen molar-refractivity contribution in [3.8, 4) is 0 Å². The molecule has 3 nitrogen and oxygen atoms in total. The van der Waals surface area contributed by atoms with Crippen molar-refractivity contribution in [3.63, 3.8) is 0 Å². The number of carbonyl (C=O) groups excluding carboxylic acids is 1. The molecule has 1 atom stereocenters. The fraction of sp³-hybridized carbons (Fsp3) is 0.250. The normalized spacial score (nSPS) is 17.0. The molecule has 1 N–H and O–H groups in total. The van der Waals surface area contributed by atoms with Crippen LogP contribution in [0, 0.1) is 0 Å². The molecule has 1 aromatic heterocycles. The fourth-order valence-electron chi connectivity index (χ4n) is 2.31. The Kier molecular flexibility index (Phi) is 4.83. The third-order valence-corrected chi connectivity index (χ3v) is 5.45. The van der Waals surface area contributed by atoms with Crippen LogP contribution in [0.25, 0.3) is 0 Å². The zero-order valence-electron chi connectivity index (χ0n) is 11.5. The molecule has 0 spiro atoms. The van der Waals surface area contributed by atoms with Gasteiger partial charge in [-0.3, -0.25) is 9.78 Å². The lowest BCUT2D eigenvalue weighted by Gasteiger charge is -2.25. The maximum Gasteiger partial charge on any atom is 0.230 e. The highest BCUT2D eigenvalue weighted by atomic mass is 32.2. The minimum Gasteiger partial charge on any atom is -0.349 e. The molecule has 0 fully saturated rings. The first-order valence-corrected chi connectivity index (χ1v) is 8.84. The number of amides is 1. The maximum atomic E-state index is 12.1. The van der Waals surface area contributed by atoms with Gasteiger partial charge >= 0.3 is 0 Å². The van der Waals surface area contributed by atoms with E-state index in [-0.39, 0.29) is 11.9 Å². The van der Waals surface area contributed by atoms with E-state index in [9.17, 15) is 4.79 Å². The van der Waals surface area contributed by atoms with Crippen LogP contribution in [0.3, 0.4) is 0 Å². The van der Waals surface area contributed by atoms with Crippen molar-refractivity contribution in [3.05, 3.63) is 54.4 Å². The summed E-state index contributed by atoms with van der Waals surface area (Å²) in [6.45, 7) is 0. The van der Waals surface area contributed by atoms with E-state index < -0.39 is 0 Å². The number of hydrogen-bond acceptors (Lipinski definition) is 4.